The average Bonchev–Trinajstić information content (AvgIpc) is 3.11. The van der Waals surface area contributed by atoms with E-state index in [4.69, 9.17) is 5.53 Å². The second kappa shape index (κ2) is 10.2. The molecule has 3 aliphatic carbocycles. The first kappa shape index (κ1) is 24.8. The van der Waals surface area contributed by atoms with Gasteiger partial charge in [0.25, 0.3) is 0 Å². The van der Waals surface area contributed by atoms with E-state index in [0.29, 0.717) is 17.3 Å². The summed E-state index contributed by atoms with van der Waals surface area (Å²) in [5.41, 5.74) is 9.36. The number of ketones is 1. The first-order chi connectivity index (χ1) is 14.4. The van der Waals surface area contributed by atoms with Crippen LogP contribution in [0.2, 0.25) is 0 Å². The van der Waals surface area contributed by atoms with E-state index < -0.39 is 0 Å². The second-order valence-corrected chi connectivity index (χ2v) is 9.91. The molecular weight excluding hydrogens is 370 g/mol. The number of nitrogens with one attached hydrogen (secondary N) is 1. The third-order valence-corrected chi connectivity index (χ3v) is 8.75. The SMILES string of the molecule is C=CN(CC(=O)C1CCC2C3CCC(CC)C(C)(CCC)C3=CCC12C)N=N.CC. The molecular formula is C26H45N3O. The summed E-state index contributed by atoms with van der Waals surface area (Å²) in [6.45, 7) is 17.4. The van der Waals surface area contributed by atoms with Gasteiger partial charge in [0.1, 0.15) is 6.54 Å². The standard InChI is InChI=1S/C24H39N3O.C2H6/c1-6-14-23(4)17(7-2)9-10-18-19-11-12-21(22(28)16-27(8-3)26-25)24(19,5)15-13-20(18)23;1-2/h8,13,17-19,21,25H,3,6-7,9-12,14-16H2,1-2,4-5H3;1-2H3. The Bertz CT molecular complexity index is 649. The summed E-state index contributed by atoms with van der Waals surface area (Å²) in [6.07, 6.45) is 13.7. The van der Waals surface area contributed by atoms with Gasteiger partial charge in [0.15, 0.2) is 5.78 Å². The number of nitrogens with zero attached hydrogens (tertiary/aromatic N) is 2. The number of hydrogen-bond acceptors (Lipinski definition) is 3. The summed E-state index contributed by atoms with van der Waals surface area (Å²) in [6, 6.07) is 0. The fourth-order valence-corrected chi connectivity index (χ4v) is 7.33. The maximum atomic E-state index is 13.1. The van der Waals surface area contributed by atoms with E-state index in [1.807, 2.05) is 13.8 Å². The summed E-state index contributed by atoms with van der Waals surface area (Å²) in [5.74, 6) is 2.41. The predicted molar refractivity (Wildman–Crippen MR) is 125 cm³/mol. The van der Waals surface area contributed by atoms with Gasteiger partial charge in [-0.3, -0.25) is 4.79 Å². The molecule has 0 spiro atoms. The van der Waals surface area contributed by atoms with Crippen LogP contribution in [0.4, 0.5) is 0 Å². The molecule has 6 unspecified atom stereocenters. The predicted octanol–water partition coefficient (Wildman–Crippen LogP) is 7.58. The van der Waals surface area contributed by atoms with Gasteiger partial charge in [-0.25, -0.2) is 5.01 Å². The van der Waals surface area contributed by atoms with Gasteiger partial charge in [-0.2, -0.15) is 5.53 Å². The molecule has 0 radical (unpaired) electrons. The Kier molecular flexibility index (Phi) is 8.47. The Balaban J connectivity index is 0.00000155. The van der Waals surface area contributed by atoms with Crippen LogP contribution >= 0.6 is 0 Å². The molecule has 0 aromatic carbocycles. The highest BCUT2D eigenvalue weighted by Crippen LogP contribution is 2.64. The largest absolute Gasteiger partial charge is 0.297 e. The zero-order valence-electron chi connectivity index (χ0n) is 20.3. The van der Waals surface area contributed by atoms with Crippen molar-refractivity contribution in [1.29, 1.82) is 5.53 Å². The van der Waals surface area contributed by atoms with E-state index in [-0.39, 0.29) is 23.7 Å². The molecule has 0 saturated heterocycles. The first-order valence-electron chi connectivity index (χ1n) is 12.4. The van der Waals surface area contributed by atoms with Crippen LogP contribution in [0.1, 0.15) is 92.9 Å². The second-order valence-electron chi connectivity index (χ2n) is 9.91. The Labute approximate surface area is 185 Å². The number of Topliss-reactive ketones (excluding diaryl/α,β-unsaturated/α-hetero) is 1. The van der Waals surface area contributed by atoms with Gasteiger partial charge in [0, 0.05) is 12.1 Å². The lowest BCUT2D eigenvalue weighted by atomic mass is 9.50. The molecule has 2 saturated carbocycles. The van der Waals surface area contributed by atoms with Gasteiger partial charge in [-0.05, 0) is 67.1 Å². The molecule has 3 aliphatic rings. The van der Waals surface area contributed by atoms with Crippen molar-refractivity contribution in [2.45, 2.75) is 92.9 Å². The maximum Gasteiger partial charge on any atom is 0.157 e. The van der Waals surface area contributed by atoms with Gasteiger partial charge in [-0.15, -0.1) is 0 Å². The molecule has 1 N–H and O–H groups in total. The van der Waals surface area contributed by atoms with Crippen LogP contribution in [0.25, 0.3) is 0 Å². The van der Waals surface area contributed by atoms with Crippen LogP contribution in [0.5, 0.6) is 0 Å². The van der Waals surface area contributed by atoms with Gasteiger partial charge in [-0.1, -0.05) is 77.8 Å². The minimum Gasteiger partial charge on any atom is -0.297 e. The Morgan fingerprint density at radius 2 is 1.97 bits per heavy atom. The molecule has 0 aromatic heterocycles. The zero-order chi connectivity index (χ0) is 22.5. The Hall–Kier alpha value is -1.45. The Morgan fingerprint density at radius 1 is 1.27 bits per heavy atom. The van der Waals surface area contributed by atoms with Gasteiger partial charge < -0.3 is 0 Å². The fourth-order valence-electron chi connectivity index (χ4n) is 7.33. The average molecular weight is 416 g/mol. The number of hydrogen-bond donors (Lipinski definition) is 1. The lowest BCUT2D eigenvalue weighted by molar-refractivity contribution is -0.127. The fraction of sp³-hybridized carbons (Fsp3) is 0.808. The first-order valence-corrected chi connectivity index (χ1v) is 12.4. The maximum absolute atomic E-state index is 13.1. The molecule has 0 amide bonds. The van der Waals surface area contributed by atoms with Gasteiger partial charge >= 0.3 is 0 Å². The van der Waals surface area contributed by atoms with Crippen LogP contribution in [0.15, 0.2) is 29.7 Å². The van der Waals surface area contributed by atoms with Crippen molar-refractivity contribution in [3.05, 3.63) is 24.4 Å². The van der Waals surface area contributed by atoms with Crippen molar-refractivity contribution in [2.24, 2.45) is 39.7 Å². The normalized spacial score (nSPS) is 37.1. The summed E-state index contributed by atoms with van der Waals surface area (Å²) in [4.78, 5) is 13.1. The smallest absolute Gasteiger partial charge is 0.157 e. The third kappa shape index (κ3) is 4.16. The summed E-state index contributed by atoms with van der Waals surface area (Å²) < 4.78 is 0. The molecule has 6 atom stereocenters. The van der Waals surface area contributed by atoms with Crippen molar-refractivity contribution >= 4 is 5.78 Å². The van der Waals surface area contributed by atoms with Crippen LogP contribution in [-0.2, 0) is 4.79 Å². The van der Waals surface area contributed by atoms with Crippen LogP contribution in [0, 0.1) is 40.0 Å². The van der Waals surface area contributed by atoms with E-state index in [9.17, 15) is 4.79 Å². The molecule has 2 fully saturated rings. The molecule has 170 valence electrons. The van der Waals surface area contributed by atoms with E-state index in [2.05, 4.69) is 45.6 Å². The molecule has 3 rings (SSSR count). The molecule has 4 heteroatoms. The lowest BCUT2D eigenvalue weighted by Crippen LogP contribution is -2.47. The van der Waals surface area contributed by atoms with Crippen molar-refractivity contribution in [3.63, 3.8) is 0 Å². The zero-order valence-corrected chi connectivity index (χ0v) is 20.3. The monoisotopic (exact) mass is 415 g/mol. The quantitative estimate of drug-likeness (QED) is 0.252. The van der Waals surface area contributed by atoms with Gasteiger partial charge in [0.05, 0.1) is 0 Å². The highest BCUT2D eigenvalue weighted by atomic mass is 16.1. The van der Waals surface area contributed by atoms with Crippen molar-refractivity contribution in [2.75, 3.05) is 6.54 Å². The van der Waals surface area contributed by atoms with Crippen molar-refractivity contribution in [3.8, 4) is 0 Å². The summed E-state index contributed by atoms with van der Waals surface area (Å²) in [7, 11) is 0. The number of carbonyl (C=O) groups excluding carboxylic acids is 1. The van der Waals surface area contributed by atoms with Crippen molar-refractivity contribution < 1.29 is 4.79 Å². The van der Waals surface area contributed by atoms with Crippen LogP contribution in [-0.4, -0.2) is 17.3 Å². The molecule has 30 heavy (non-hydrogen) atoms. The number of fused-ring (bicyclic) bond motifs is 3. The number of carbonyl (C=O) groups is 1. The molecule has 0 aromatic rings. The Morgan fingerprint density at radius 3 is 2.53 bits per heavy atom. The van der Waals surface area contributed by atoms with E-state index in [1.165, 1.54) is 49.7 Å². The van der Waals surface area contributed by atoms with Crippen LogP contribution < -0.4 is 0 Å². The molecule has 0 aliphatic heterocycles. The van der Waals surface area contributed by atoms with E-state index >= 15 is 0 Å². The highest BCUT2D eigenvalue weighted by molar-refractivity contribution is 5.84. The van der Waals surface area contributed by atoms with E-state index in [1.54, 1.807) is 5.57 Å². The minimum absolute atomic E-state index is 0.0618. The summed E-state index contributed by atoms with van der Waals surface area (Å²) in [5, 5.41) is 4.75. The number of allylic oxidation sites excluding steroid dienone is 2. The van der Waals surface area contributed by atoms with E-state index in [0.717, 1.165) is 18.8 Å². The summed E-state index contributed by atoms with van der Waals surface area (Å²) >= 11 is 0. The third-order valence-electron chi connectivity index (χ3n) is 8.75. The molecule has 0 bridgehead atoms. The highest BCUT2D eigenvalue weighted by Gasteiger charge is 2.57. The molecule has 4 nitrogen and oxygen atoms in total. The topological polar surface area (TPSA) is 56.5 Å². The minimum atomic E-state index is 0.0618. The van der Waals surface area contributed by atoms with Crippen molar-refractivity contribution in [1.82, 2.24) is 5.01 Å². The lowest BCUT2D eigenvalue weighted by Gasteiger charge is -2.54. The van der Waals surface area contributed by atoms with Crippen LogP contribution in [0.3, 0.4) is 0 Å². The number of rotatable bonds is 8. The molecule has 0 heterocycles. The van der Waals surface area contributed by atoms with Gasteiger partial charge in [0.2, 0.25) is 0 Å².